The fourth-order valence-corrected chi connectivity index (χ4v) is 4.27. The maximum absolute atomic E-state index is 12.6. The molecule has 26 heavy (non-hydrogen) atoms. The van der Waals surface area contributed by atoms with Gasteiger partial charge in [-0.15, -0.1) is 0 Å². The van der Waals surface area contributed by atoms with E-state index in [1.54, 1.807) is 11.1 Å². The van der Waals surface area contributed by atoms with E-state index >= 15 is 0 Å². The van der Waals surface area contributed by atoms with Crippen molar-refractivity contribution in [1.29, 1.82) is 0 Å². The third-order valence-electron chi connectivity index (χ3n) is 4.71. The minimum atomic E-state index is -3.01. The highest BCUT2D eigenvalue weighted by atomic mass is 32.2. The largest absolute Gasteiger partial charge is 0.335 e. The number of aromatic nitrogens is 2. The van der Waals surface area contributed by atoms with E-state index in [-0.39, 0.29) is 36.7 Å². The van der Waals surface area contributed by atoms with Crippen molar-refractivity contribution in [2.24, 2.45) is 0 Å². The van der Waals surface area contributed by atoms with Crippen LogP contribution in [0.5, 0.6) is 0 Å². The Kier molecular flexibility index (Phi) is 5.61. The molecule has 1 aliphatic heterocycles. The number of aryl methyl sites for hydroxylation is 2. The van der Waals surface area contributed by atoms with Gasteiger partial charge in [-0.25, -0.2) is 18.2 Å². The average Bonchev–Trinajstić information content (AvgIpc) is 3.04. The summed E-state index contributed by atoms with van der Waals surface area (Å²) < 4.78 is 25.2. The predicted molar refractivity (Wildman–Crippen MR) is 99.5 cm³/mol. The van der Waals surface area contributed by atoms with E-state index in [2.05, 4.69) is 14.9 Å². The zero-order valence-electron chi connectivity index (χ0n) is 14.8. The number of nitrogens with zero attached hydrogens (tertiary/aromatic N) is 3. The van der Waals surface area contributed by atoms with Crippen LogP contribution in [0.3, 0.4) is 0 Å². The first-order valence-corrected chi connectivity index (χ1v) is 10.6. The van der Waals surface area contributed by atoms with Crippen LogP contribution in [0.4, 0.5) is 4.79 Å². The molecule has 1 N–H and O–H groups in total. The first-order chi connectivity index (χ1) is 12.4. The Morgan fingerprint density at radius 3 is 2.54 bits per heavy atom. The molecule has 0 radical (unpaired) electrons. The molecule has 0 bridgehead atoms. The lowest BCUT2D eigenvalue weighted by Gasteiger charge is -2.29. The summed E-state index contributed by atoms with van der Waals surface area (Å²) in [6.07, 6.45) is 4.41. The van der Waals surface area contributed by atoms with E-state index in [4.69, 9.17) is 0 Å². The Balaban J connectivity index is 1.67. The Hall–Kier alpha value is -2.35. The monoisotopic (exact) mass is 376 g/mol. The number of carbonyl (C=O) groups is 1. The molecular weight excluding hydrogens is 352 g/mol. The number of benzene rings is 1. The third-order valence-corrected chi connectivity index (χ3v) is 6.32. The second-order valence-corrected chi connectivity index (χ2v) is 8.81. The molecule has 0 aliphatic carbocycles. The lowest BCUT2D eigenvalue weighted by molar-refractivity contribution is 0.197. The van der Waals surface area contributed by atoms with Gasteiger partial charge in [-0.1, -0.05) is 30.3 Å². The van der Waals surface area contributed by atoms with Crippen LogP contribution < -0.4 is 5.32 Å². The fraction of sp³-hybridized carbons (Fsp3) is 0.444. The molecule has 3 rings (SSSR count). The summed E-state index contributed by atoms with van der Waals surface area (Å²) in [7, 11) is -3.01. The van der Waals surface area contributed by atoms with Crippen LogP contribution in [0.25, 0.3) is 0 Å². The van der Waals surface area contributed by atoms with E-state index in [9.17, 15) is 13.2 Å². The normalized spacial score (nSPS) is 17.7. The summed E-state index contributed by atoms with van der Waals surface area (Å²) in [5.74, 6) is 0.999. The van der Waals surface area contributed by atoms with Gasteiger partial charge in [0.25, 0.3) is 0 Å². The Bertz CT molecular complexity index is 834. The van der Waals surface area contributed by atoms with Crippen LogP contribution >= 0.6 is 0 Å². The number of imidazole rings is 1. The molecule has 1 atom stereocenters. The van der Waals surface area contributed by atoms with E-state index in [1.165, 1.54) is 0 Å². The molecule has 2 amide bonds. The van der Waals surface area contributed by atoms with E-state index < -0.39 is 9.84 Å². The molecule has 7 nitrogen and oxygen atoms in total. The number of hydrogen-bond donors (Lipinski definition) is 1. The van der Waals surface area contributed by atoms with Crippen molar-refractivity contribution in [3.63, 3.8) is 0 Å². The third kappa shape index (κ3) is 4.63. The lowest BCUT2D eigenvalue weighted by Crippen LogP contribution is -2.49. The Labute approximate surface area is 154 Å². The topological polar surface area (TPSA) is 84.3 Å². The molecule has 0 saturated carbocycles. The van der Waals surface area contributed by atoms with Gasteiger partial charge in [-0.3, -0.25) is 0 Å². The number of sulfone groups is 1. The number of hydrogen-bond acceptors (Lipinski definition) is 4. The number of rotatable bonds is 5. The van der Waals surface area contributed by atoms with Crippen molar-refractivity contribution in [3.8, 4) is 0 Å². The summed E-state index contributed by atoms with van der Waals surface area (Å²) in [5.41, 5.74) is 1.03. The number of amides is 2. The summed E-state index contributed by atoms with van der Waals surface area (Å²) >= 11 is 0. The van der Waals surface area contributed by atoms with Crippen molar-refractivity contribution in [1.82, 2.24) is 19.8 Å². The van der Waals surface area contributed by atoms with Gasteiger partial charge < -0.3 is 14.8 Å². The van der Waals surface area contributed by atoms with Crippen molar-refractivity contribution in [2.45, 2.75) is 25.9 Å². The highest BCUT2D eigenvalue weighted by Crippen LogP contribution is 2.19. The first kappa shape index (κ1) is 18.4. The molecule has 1 fully saturated rings. The molecule has 2 aromatic rings. The van der Waals surface area contributed by atoms with Crippen LogP contribution in [0.1, 0.15) is 23.9 Å². The number of carbonyl (C=O) groups excluding carboxylic acids is 1. The van der Waals surface area contributed by atoms with Gasteiger partial charge in [0, 0.05) is 32.0 Å². The average molecular weight is 376 g/mol. The minimum Gasteiger partial charge on any atom is -0.335 e. The summed E-state index contributed by atoms with van der Waals surface area (Å²) in [4.78, 5) is 18.4. The Morgan fingerprint density at radius 1 is 1.23 bits per heavy atom. The highest BCUT2D eigenvalue weighted by Gasteiger charge is 2.26. The fourth-order valence-electron chi connectivity index (χ4n) is 3.07. The minimum absolute atomic E-state index is 0.0324. The quantitative estimate of drug-likeness (QED) is 0.862. The summed E-state index contributed by atoms with van der Waals surface area (Å²) in [6.45, 7) is 3.18. The molecule has 1 aromatic heterocycles. The molecule has 1 aliphatic rings. The SMILES string of the molecule is Cc1nccn1CC[C@H](NC(=O)N1CCS(=O)(=O)CC1)c1ccccc1. The molecule has 1 saturated heterocycles. The zero-order valence-corrected chi connectivity index (χ0v) is 15.7. The lowest BCUT2D eigenvalue weighted by atomic mass is 10.0. The van der Waals surface area contributed by atoms with Crippen molar-refractivity contribution in [2.75, 3.05) is 24.6 Å². The maximum atomic E-state index is 12.6. The predicted octanol–water partition coefficient (Wildman–Crippen LogP) is 1.76. The second-order valence-electron chi connectivity index (χ2n) is 6.51. The van der Waals surface area contributed by atoms with Gasteiger partial charge in [0.15, 0.2) is 9.84 Å². The van der Waals surface area contributed by atoms with Gasteiger partial charge in [0.05, 0.1) is 17.5 Å². The summed E-state index contributed by atoms with van der Waals surface area (Å²) in [6, 6.07) is 9.46. The molecule has 0 unspecified atom stereocenters. The molecule has 8 heteroatoms. The molecular formula is C18H24N4O3S. The van der Waals surface area contributed by atoms with Gasteiger partial charge in [0.1, 0.15) is 5.82 Å². The van der Waals surface area contributed by atoms with Crippen LogP contribution in [0, 0.1) is 6.92 Å². The Morgan fingerprint density at radius 2 is 1.92 bits per heavy atom. The van der Waals surface area contributed by atoms with Crippen LogP contribution in [0.15, 0.2) is 42.7 Å². The van der Waals surface area contributed by atoms with Gasteiger partial charge >= 0.3 is 6.03 Å². The van der Waals surface area contributed by atoms with Crippen molar-refractivity contribution < 1.29 is 13.2 Å². The van der Waals surface area contributed by atoms with Gasteiger partial charge in [-0.2, -0.15) is 0 Å². The zero-order chi connectivity index (χ0) is 18.6. The van der Waals surface area contributed by atoms with Crippen molar-refractivity contribution >= 4 is 15.9 Å². The van der Waals surface area contributed by atoms with E-state index in [0.717, 1.165) is 24.4 Å². The summed E-state index contributed by atoms with van der Waals surface area (Å²) in [5, 5.41) is 3.07. The van der Waals surface area contributed by atoms with Gasteiger partial charge in [0.2, 0.25) is 0 Å². The smallest absolute Gasteiger partial charge is 0.317 e. The maximum Gasteiger partial charge on any atom is 0.317 e. The standard InChI is InChI=1S/C18H24N4O3S/c1-15-19-8-10-21(15)9-7-17(16-5-3-2-4-6-16)20-18(23)22-11-13-26(24,25)14-12-22/h2-6,8,10,17H,7,9,11-14H2,1H3,(H,20,23)/t17-/m0/s1. The van der Waals surface area contributed by atoms with Gasteiger partial charge in [-0.05, 0) is 18.9 Å². The van der Waals surface area contributed by atoms with Crippen molar-refractivity contribution in [3.05, 3.63) is 54.1 Å². The molecule has 0 spiro atoms. The van der Waals surface area contributed by atoms with E-state index in [0.29, 0.717) is 0 Å². The number of nitrogens with one attached hydrogen (secondary N) is 1. The molecule has 2 heterocycles. The van der Waals surface area contributed by atoms with Crippen LogP contribution in [-0.4, -0.2) is 53.5 Å². The second kappa shape index (κ2) is 7.90. The number of urea groups is 1. The molecule has 1 aromatic carbocycles. The van der Waals surface area contributed by atoms with E-state index in [1.807, 2.05) is 43.5 Å². The molecule has 140 valence electrons. The first-order valence-electron chi connectivity index (χ1n) is 8.73. The highest BCUT2D eigenvalue weighted by molar-refractivity contribution is 7.91. The van der Waals surface area contributed by atoms with Crippen LogP contribution in [-0.2, 0) is 16.4 Å². The van der Waals surface area contributed by atoms with Crippen LogP contribution in [0.2, 0.25) is 0 Å².